The van der Waals surface area contributed by atoms with Crippen molar-refractivity contribution in [2.45, 2.75) is 32.8 Å². The first-order valence-corrected chi connectivity index (χ1v) is 9.48. The first kappa shape index (κ1) is 19.9. The highest BCUT2D eigenvalue weighted by Gasteiger charge is 2.14. The second kappa shape index (κ2) is 8.44. The minimum Gasteiger partial charge on any atom is -0.457 e. The number of rotatable bonds is 5. The van der Waals surface area contributed by atoms with Crippen LogP contribution < -0.4 is 0 Å². The Hall–Kier alpha value is -2.85. The van der Waals surface area contributed by atoms with E-state index in [1.54, 1.807) is 6.08 Å². The smallest absolute Gasteiger partial charge is 0.331 e. The van der Waals surface area contributed by atoms with Crippen LogP contribution in [0.15, 0.2) is 60.7 Å². The summed E-state index contributed by atoms with van der Waals surface area (Å²) in [6.45, 7) is 5.53. The van der Waals surface area contributed by atoms with E-state index in [4.69, 9.17) is 16.3 Å². The Morgan fingerprint density at radius 1 is 1.14 bits per heavy atom. The van der Waals surface area contributed by atoms with Crippen LogP contribution in [0.5, 0.6) is 0 Å². The molecule has 0 atom stereocenters. The number of hydrogen-bond acceptors (Lipinski definition) is 3. The molecule has 0 bridgehead atoms. The highest BCUT2D eigenvalue weighted by Crippen LogP contribution is 2.26. The van der Waals surface area contributed by atoms with Crippen molar-refractivity contribution in [2.24, 2.45) is 0 Å². The molecule has 1 heterocycles. The van der Waals surface area contributed by atoms with Crippen LogP contribution in [0.1, 0.15) is 37.7 Å². The Kier molecular flexibility index (Phi) is 6.00. The zero-order chi connectivity index (χ0) is 20.1. The molecular formula is C23H23ClN2O2. The summed E-state index contributed by atoms with van der Waals surface area (Å²) in [5.74, 6) is 0.431. The van der Waals surface area contributed by atoms with E-state index >= 15 is 0 Å². The standard InChI is InChI=1S/C23H23ClN2O2/c1-23(2,3)28-20(27)13-12-16-8-7-9-17(14-16)15-19-25-21(22(24)26-19)18-10-5-4-6-11-18/h4-14H,15H2,1-3H3,(H,25,26)/b13-12+. The zero-order valence-corrected chi connectivity index (χ0v) is 17.0. The molecule has 4 nitrogen and oxygen atoms in total. The van der Waals surface area contributed by atoms with Crippen molar-refractivity contribution in [1.29, 1.82) is 0 Å². The SMILES string of the molecule is CC(C)(C)OC(=O)/C=C/c1cccc(Cc2nc(-c3ccccc3)c(Cl)[nH]2)c1. The highest BCUT2D eigenvalue weighted by molar-refractivity contribution is 6.31. The number of nitrogens with zero attached hydrogens (tertiary/aromatic N) is 1. The Labute approximate surface area is 170 Å². The largest absolute Gasteiger partial charge is 0.457 e. The summed E-state index contributed by atoms with van der Waals surface area (Å²) in [5.41, 5.74) is 3.21. The topological polar surface area (TPSA) is 55.0 Å². The molecule has 0 unspecified atom stereocenters. The molecule has 3 aromatic rings. The molecule has 5 heteroatoms. The molecule has 0 aliphatic carbocycles. The maximum atomic E-state index is 11.8. The Morgan fingerprint density at radius 3 is 2.61 bits per heavy atom. The quantitative estimate of drug-likeness (QED) is 0.447. The highest BCUT2D eigenvalue weighted by atomic mass is 35.5. The molecule has 0 saturated heterocycles. The molecule has 0 aliphatic heterocycles. The van der Waals surface area contributed by atoms with Crippen molar-refractivity contribution >= 4 is 23.6 Å². The molecule has 0 spiro atoms. The molecule has 2 aromatic carbocycles. The van der Waals surface area contributed by atoms with Crippen LogP contribution >= 0.6 is 11.6 Å². The summed E-state index contributed by atoms with van der Waals surface area (Å²) in [5, 5.41) is 0.530. The number of nitrogens with one attached hydrogen (secondary N) is 1. The van der Waals surface area contributed by atoms with Crippen LogP contribution in [-0.4, -0.2) is 21.5 Å². The number of carbonyl (C=O) groups is 1. The number of imidazole rings is 1. The summed E-state index contributed by atoms with van der Waals surface area (Å²) in [6.07, 6.45) is 3.81. The van der Waals surface area contributed by atoms with Crippen LogP contribution in [0.25, 0.3) is 17.3 Å². The lowest BCUT2D eigenvalue weighted by molar-refractivity contribution is -0.148. The number of H-pyrrole nitrogens is 1. The van der Waals surface area contributed by atoms with Crippen molar-refractivity contribution < 1.29 is 9.53 Å². The molecular weight excluding hydrogens is 372 g/mol. The van der Waals surface area contributed by atoms with Gasteiger partial charge in [0.2, 0.25) is 0 Å². The molecule has 1 aromatic heterocycles. The second-order valence-corrected chi connectivity index (χ2v) is 7.88. The maximum absolute atomic E-state index is 11.8. The van der Waals surface area contributed by atoms with Gasteiger partial charge in [0.1, 0.15) is 22.3 Å². The number of hydrogen-bond donors (Lipinski definition) is 1. The van der Waals surface area contributed by atoms with Gasteiger partial charge in [0, 0.05) is 18.1 Å². The van der Waals surface area contributed by atoms with E-state index in [2.05, 4.69) is 9.97 Å². The third kappa shape index (κ3) is 5.57. The molecule has 28 heavy (non-hydrogen) atoms. The molecule has 0 amide bonds. The van der Waals surface area contributed by atoms with E-state index in [0.717, 1.165) is 28.2 Å². The van der Waals surface area contributed by atoms with Crippen molar-refractivity contribution in [1.82, 2.24) is 9.97 Å². The number of benzene rings is 2. The van der Waals surface area contributed by atoms with Gasteiger partial charge in [0.15, 0.2) is 0 Å². The number of halogens is 1. The molecule has 0 radical (unpaired) electrons. The summed E-state index contributed by atoms with van der Waals surface area (Å²) in [4.78, 5) is 19.6. The number of aromatic nitrogens is 2. The fourth-order valence-corrected chi connectivity index (χ4v) is 3.03. The first-order chi connectivity index (χ1) is 13.3. The van der Waals surface area contributed by atoms with Crippen LogP contribution in [0.2, 0.25) is 5.15 Å². The van der Waals surface area contributed by atoms with E-state index in [1.807, 2.05) is 75.4 Å². The Balaban J connectivity index is 1.72. The van der Waals surface area contributed by atoms with E-state index < -0.39 is 5.60 Å². The average Bonchev–Trinajstić information content (AvgIpc) is 3.00. The van der Waals surface area contributed by atoms with Crippen LogP contribution in [-0.2, 0) is 16.0 Å². The van der Waals surface area contributed by atoms with Gasteiger partial charge in [-0.1, -0.05) is 66.2 Å². The molecule has 0 fully saturated rings. The summed E-state index contributed by atoms with van der Waals surface area (Å²) in [7, 11) is 0. The van der Waals surface area contributed by atoms with Gasteiger partial charge in [-0.05, 0) is 38.0 Å². The van der Waals surface area contributed by atoms with Gasteiger partial charge in [-0.15, -0.1) is 0 Å². The Morgan fingerprint density at radius 2 is 1.89 bits per heavy atom. The van der Waals surface area contributed by atoms with Crippen LogP contribution in [0, 0.1) is 0 Å². The number of aromatic amines is 1. The van der Waals surface area contributed by atoms with Crippen LogP contribution in [0.4, 0.5) is 0 Å². The van der Waals surface area contributed by atoms with E-state index in [9.17, 15) is 4.79 Å². The minimum atomic E-state index is -0.502. The maximum Gasteiger partial charge on any atom is 0.331 e. The third-order valence-corrected chi connectivity index (χ3v) is 4.17. The van der Waals surface area contributed by atoms with E-state index in [-0.39, 0.29) is 5.97 Å². The Bertz CT molecular complexity index is 985. The van der Waals surface area contributed by atoms with Gasteiger partial charge >= 0.3 is 5.97 Å². The van der Waals surface area contributed by atoms with Gasteiger partial charge in [-0.3, -0.25) is 0 Å². The van der Waals surface area contributed by atoms with Crippen molar-refractivity contribution in [3.63, 3.8) is 0 Å². The predicted octanol–water partition coefficient (Wildman–Crippen LogP) is 5.68. The zero-order valence-electron chi connectivity index (χ0n) is 16.2. The van der Waals surface area contributed by atoms with Crippen molar-refractivity contribution in [3.8, 4) is 11.3 Å². The summed E-state index contributed by atoms with van der Waals surface area (Å²) < 4.78 is 5.29. The van der Waals surface area contributed by atoms with Gasteiger partial charge in [-0.2, -0.15) is 0 Å². The van der Waals surface area contributed by atoms with Crippen molar-refractivity contribution in [3.05, 3.63) is 82.8 Å². The predicted molar refractivity (Wildman–Crippen MR) is 113 cm³/mol. The second-order valence-electron chi connectivity index (χ2n) is 7.50. The molecule has 144 valence electrons. The monoisotopic (exact) mass is 394 g/mol. The normalized spacial score (nSPS) is 11.7. The number of ether oxygens (including phenoxy) is 1. The lowest BCUT2D eigenvalue weighted by atomic mass is 10.1. The van der Waals surface area contributed by atoms with Crippen molar-refractivity contribution in [2.75, 3.05) is 0 Å². The van der Waals surface area contributed by atoms with Gasteiger partial charge in [-0.25, -0.2) is 9.78 Å². The average molecular weight is 395 g/mol. The van der Waals surface area contributed by atoms with Gasteiger partial charge in [0.25, 0.3) is 0 Å². The minimum absolute atomic E-state index is 0.358. The molecule has 3 rings (SSSR count). The lowest BCUT2D eigenvalue weighted by Crippen LogP contribution is -2.22. The summed E-state index contributed by atoms with van der Waals surface area (Å²) >= 11 is 6.33. The van der Waals surface area contributed by atoms with E-state index in [1.165, 1.54) is 6.08 Å². The van der Waals surface area contributed by atoms with Gasteiger partial charge in [0.05, 0.1) is 0 Å². The number of carbonyl (C=O) groups excluding carboxylic acids is 1. The first-order valence-electron chi connectivity index (χ1n) is 9.10. The van der Waals surface area contributed by atoms with Gasteiger partial charge < -0.3 is 9.72 Å². The third-order valence-electron chi connectivity index (χ3n) is 3.90. The van der Waals surface area contributed by atoms with E-state index in [0.29, 0.717) is 11.6 Å². The lowest BCUT2D eigenvalue weighted by Gasteiger charge is -2.17. The number of esters is 1. The molecule has 0 saturated carbocycles. The fourth-order valence-electron chi connectivity index (χ4n) is 2.77. The van der Waals surface area contributed by atoms with Crippen LogP contribution in [0.3, 0.4) is 0 Å². The molecule has 0 aliphatic rings. The summed E-state index contributed by atoms with van der Waals surface area (Å²) in [6, 6.07) is 17.8. The fraction of sp³-hybridized carbons (Fsp3) is 0.217. The molecule has 1 N–H and O–H groups in total.